The molecule has 1 fully saturated rings. The van der Waals surface area contributed by atoms with Crippen molar-refractivity contribution in [1.82, 2.24) is 4.98 Å². The highest BCUT2D eigenvalue weighted by Crippen LogP contribution is 2.40. The van der Waals surface area contributed by atoms with Crippen molar-refractivity contribution in [3.63, 3.8) is 0 Å². The van der Waals surface area contributed by atoms with Gasteiger partial charge in [-0.05, 0) is 42.7 Å². The first-order valence-corrected chi connectivity index (χ1v) is 9.50. The lowest BCUT2D eigenvalue weighted by atomic mass is 10.1. The van der Waals surface area contributed by atoms with Gasteiger partial charge in [-0.2, -0.15) is 0 Å². The summed E-state index contributed by atoms with van der Waals surface area (Å²) in [4.78, 5) is 19.4. The predicted octanol–water partition coefficient (Wildman–Crippen LogP) is 4.48. The number of amides is 1. The smallest absolute Gasteiger partial charge is 0.234 e. The molecule has 1 amide bonds. The third-order valence-corrected chi connectivity index (χ3v) is 5.06. The van der Waals surface area contributed by atoms with Crippen molar-refractivity contribution < 1.29 is 14.3 Å². The molecule has 0 bridgehead atoms. The molecule has 1 saturated carbocycles. The van der Waals surface area contributed by atoms with E-state index in [4.69, 9.17) is 9.47 Å². The molecule has 28 heavy (non-hydrogen) atoms. The third-order valence-electron chi connectivity index (χ3n) is 5.06. The molecular formula is C23H20N2O3. The zero-order valence-electron chi connectivity index (χ0n) is 15.4. The topological polar surface area (TPSA) is 51.7 Å². The number of hydrogen-bond donors (Lipinski definition) is 0. The first-order chi connectivity index (χ1) is 13.8. The number of benzene rings is 2. The van der Waals surface area contributed by atoms with Gasteiger partial charge in [0.25, 0.3) is 0 Å². The quantitative estimate of drug-likeness (QED) is 0.663. The van der Waals surface area contributed by atoms with Crippen LogP contribution in [0.25, 0.3) is 0 Å². The fourth-order valence-electron chi connectivity index (χ4n) is 3.40. The highest BCUT2D eigenvalue weighted by Gasteiger charge is 2.35. The monoisotopic (exact) mass is 372 g/mol. The Hall–Kier alpha value is -3.34. The van der Waals surface area contributed by atoms with Crippen molar-refractivity contribution in [3.05, 3.63) is 78.1 Å². The molecule has 0 spiro atoms. The summed E-state index contributed by atoms with van der Waals surface area (Å²) in [6.45, 7) is 0.213. The van der Waals surface area contributed by atoms with Gasteiger partial charge in [-0.3, -0.25) is 14.7 Å². The third kappa shape index (κ3) is 3.31. The zero-order valence-corrected chi connectivity index (χ0v) is 15.4. The predicted molar refractivity (Wildman–Crippen MR) is 106 cm³/mol. The van der Waals surface area contributed by atoms with Crippen LogP contribution in [0.4, 0.5) is 11.4 Å². The normalized spacial score (nSPS) is 14.7. The summed E-state index contributed by atoms with van der Waals surface area (Å²) in [7, 11) is 0. The van der Waals surface area contributed by atoms with Crippen LogP contribution in [0, 0.1) is 5.92 Å². The van der Waals surface area contributed by atoms with Gasteiger partial charge in [0.1, 0.15) is 0 Å². The zero-order chi connectivity index (χ0) is 18.9. The number of carbonyl (C=O) groups is 1. The first-order valence-electron chi connectivity index (χ1n) is 9.50. The molecule has 5 nitrogen and oxygen atoms in total. The number of fused-ring (bicyclic) bond motifs is 1. The molecule has 140 valence electrons. The van der Waals surface area contributed by atoms with E-state index >= 15 is 0 Å². The van der Waals surface area contributed by atoms with E-state index in [1.807, 2.05) is 48.5 Å². The number of anilines is 2. The van der Waals surface area contributed by atoms with Gasteiger partial charge in [0, 0.05) is 24.1 Å². The maximum Gasteiger partial charge on any atom is 0.234 e. The first kappa shape index (κ1) is 16.8. The van der Waals surface area contributed by atoms with Gasteiger partial charge in [0.2, 0.25) is 12.7 Å². The molecule has 5 heteroatoms. The van der Waals surface area contributed by atoms with E-state index in [9.17, 15) is 4.79 Å². The van der Waals surface area contributed by atoms with Crippen molar-refractivity contribution in [1.29, 1.82) is 0 Å². The van der Waals surface area contributed by atoms with Crippen molar-refractivity contribution in [2.45, 2.75) is 19.3 Å². The fourth-order valence-corrected chi connectivity index (χ4v) is 3.40. The molecule has 5 rings (SSSR count). The lowest BCUT2D eigenvalue weighted by molar-refractivity contribution is -0.119. The standard InChI is InChI=1S/C23H20N2O3/c26-23(17-6-7-17)25(19-10-11-21-22(13-19)28-15-27-21)20-9-8-18(24-14-20)12-16-4-2-1-3-5-16/h1-5,8-11,13-14,17H,6-7,12,15H2. The van der Waals surface area contributed by atoms with E-state index in [0.717, 1.165) is 36.3 Å². The number of aromatic nitrogens is 1. The highest BCUT2D eigenvalue weighted by atomic mass is 16.7. The van der Waals surface area contributed by atoms with Gasteiger partial charge < -0.3 is 9.47 Å². The Labute approximate surface area is 163 Å². The lowest BCUT2D eigenvalue weighted by Gasteiger charge is -2.23. The number of nitrogens with zero attached hydrogens (tertiary/aromatic N) is 2. The van der Waals surface area contributed by atoms with E-state index in [0.29, 0.717) is 11.5 Å². The summed E-state index contributed by atoms with van der Waals surface area (Å²) in [5.41, 5.74) is 3.73. The number of hydrogen-bond acceptors (Lipinski definition) is 4. The van der Waals surface area contributed by atoms with E-state index in [1.54, 1.807) is 11.1 Å². The average molecular weight is 372 g/mol. The minimum Gasteiger partial charge on any atom is -0.454 e. The van der Waals surface area contributed by atoms with Crippen molar-refractivity contribution >= 4 is 17.3 Å². The fraction of sp³-hybridized carbons (Fsp3) is 0.217. The summed E-state index contributed by atoms with van der Waals surface area (Å²) >= 11 is 0. The molecule has 0 N–H and O–H groups in total. The largest absolute Gasteiger partial charge is 0.454 e. The molecule has 0 atom stereocenters. The van der Waals surface area contributed by atoms with Gasteiger partial charge in [-0.15, -0.1) is 0 Å². The summed E-state index contributed by atoms with van der Waals surface area (Å²) in [5, 5.41) is 0. The maximum atomic E-state index is 13.0. The van der Waals surface area contributed by atoms with Crippen LogP contribution in [0.1, 0.15) is 24.1 Å². The Kier molecular flexibility index (Phi) is 4.20. The summed E-state index contributed by atoms with van der Waals surface area (Å²) in [6, 6.07) is 19.8. The Morgan fingerprint density at radius 3 is 2.50 bits per heavy atom. The summed E-state index contributed by atoms with van der Waals surface area (Å²) in [5.74, 6) is 1.57. The number of pyridine rings is 1. The van der Waals surface area contributed by atoms with Crippen LogP contribution in [-0.4, -0.2) is 17.7 Å². The van der Waals surface area contributed by atoms with Crippen LogP contribution in [0.15, 0.2) is 66.9 Å². The molecule has 2 aliphatic rings. The van der Waals surface area contributed by atoms with Crippen LogP contribution >= 0.6 is 0 Å². The van der Waals surface area contributed by atoms with Crippen molar-refractivity contribution in [2.75, 3.05) is 11.7 Å². The minimum absolute atomic E-state index is 0.0921. The number of ether oxygens (including phenoxy) is 2. The molecule has 1 aliphatic carbocycles. The second-order valence-corrected chi connectivity index (χ2v) is 7.16. The Morgan fingerprint density at radius 2 is 1.75 bits per heavy atom. The highest BCUT2D eigenvalue weighted by molar-refractivity contribution is 6.03. The number of rotatable bonds is 5. The Morgan fingerprint density at radius 1 is 0.964 bits per heavy atom. The van der Waals surface area contributed by atoms with Gasteiger partial charge in [0.05, 0.1) is 17.6 Å². The van der Waals surface area contributed by atoms with E-state index < -0.39 is 0 Å². The summed E-state index contributed by atoms with van der Waals surface area (Å²) in [6.07, 6.45) is 4.43. The van der Waals surface area contributed by atoms with Crippen LogP contribution in [0.5, 0.6) is 11.5 Å². The van der Waals surface area contributed by atoms with Gasteiger partial charge >= 0.3 is 0 Å². The second-order valence-electron chi connectivity index (χ2n) is 7.16. The molecule has 1 aliphatic heterocycles. The van der Waals surface area contributed by atoms with Crippen LogP contribution < -0.4 is 14.4 Å². The molecule has 0 radical (unpaired) electrons. The molecule has 3 aromatic rings. The Bertz CT molecular complexity index is 998. The summed E-state index contributed by atoms with van der Waals surface area (Å²) < 4.78 is 10.9. The number of carbonyl (C=O) groups excluding carboxylic acids is 1. The van der Waals surface area contributed by atoms with Crippen molar-refractivity contribution in [3.8, 4) is 11.5 Å². The lowest BCUT2D eigenvalue weighted by Crippen LogP contribution is -2.27. The van der Waals surface area contributed by atoms with Crippen molar-refractivity contribution in [2.24, 2.45) is 5.92 Å². The molecule has 2 aromatic carbocycles. The minimum atomic E-state index is 0.0921. The molecular weight excluding hydrogens is 352 g/mol. The second kappa shape index (κ2) is 7.00. The molecule has 2 heterocycles. The van der Waals surface area contributed by atoms with Gasteiger partial charge in [0.15, 0.2) is 11.5 Å². The van der Waals surface area contributed by atoms with Gasteiger partial charge in [-0.25, -0.2) is 0 Å². The van der Waals surface area contributed by atoms with Crippen LogP contribution in [-0.2, 0) is 11.2 Å². The van der Waals surface area contributed by atoms with Crippen LogP contribution in [0.3, 0.4) is 0 Å². The Balaban J connectivity index is 1.45. The van der Waals surface area contributed by atoms with E-state index in [2.05, 4.69) is 17.1 Å². The van der Waals surface area contributed by atoms with Gasteiger partial charge in [-0.1, -0.05) is 30.3 Å². The maximum absolute atomic E-state index is 13.0. The SMILES string of the molecule is O=C(C1CC1)N(c1ccc(Cc2ccccc2)nc1)c1ccc2c(c1)OCO2. The molecule has 1 aromatic heterocycles. The van der Waals surface area contributed by atoms with Crippen LogP contribution in [0.2, 0.25) is 0 Å². The van der Waals surface area contributed by atoms with E-state index in [-0.39, 0.29) is 18.6 Å². The average Bonchev–Trinajstić information content (AvgIpc) is 3.48. The van der Waals surface area contributed by atoms with E-state index in [1.165, 1.54) is 5.56 Å². The molecule has 0 unspecified atom stereocenters. The molecule has 0 saturated heterocycles.